The number of nitrogens with one attached hydrogen (secondary N) is 1. The standard InChI is InChI=1S/C10H10N2S/c1-6-2-3-7-8(4-6)12-10(11-7)9-5-13-9/h2-4,9H,5H2,1H3,(H,11,12). The van der Waals surface area contributed by atoms with Gasteiger partial charge in [-0.3, -0.25) is 0 Å². The summed E-state index contributed by atoms with van der Waals surface area (Å²) in [6.07, 6.45) is 0. The number of H-pyrrole nitrogens is 1. The molecule has 0 spiro atoms. The van der Waals surface area contributed by atoms with Crippen LogP contribution in [0.3, 0.4) is 0 Å². The number of aryl methyl sites for hydroxylation is 1. The van der Waals surface area contributed by atoms with Crippen molar-refractivity contribution < 1.29 is 0 Å². The van der Waals surface area contributed by atoms with Crippen molar-refractivity contribution in [2.45, 2.75) is 12.2 Å². The summed E-state index contributed by atoms with van der Waals surface area (Å²) in [4.78, 5) is 7.91. The van der Waals surface area contributed by atoms with Gasteiger partial charge in [0.25, 0.3) is 0 Å². The minimum Gasteiger partial charge on any atom is -0.341 e. The van der Waals surface area contributed by atoms with E-state index in [-0.39, 0.29) is 0 Å². The summed E-state index contributed by atoms with van der Waals surface area (Å²) in [6.45, 7) is 2.10. The monoisotopic (exact) mass is 190 g/mol. The fourth-order valence-electron chi connectivity index (χ4n) is 1.50. The van der Waals surface area contributed by atoms with Gasteiger partial charge in [0.1, 0.15) is 5.82 Å². The van der Waals surface area contributed by atoms with Crippen LogP contribution in [-0.2, 0) is 0 Å². The van der Waals surface area contributed by atoms with Gasteiger partial charge < -0.3 is 4.98 Å². The highest BCUT2D eigenvalue weighted by Crippen LogP contribution is 2.45. The highest BCUT2D eigenvalue weighted by molar-refractivity contribution is 8.06. The van der Waals surface area contributed by atoms with Gasteiger partial charge in [-0.1, -0.05) is 6.07 Å². The summed E-state index contributed by atoms with van der Waals surface area (Å²) >= 11 is 1.95. The van der Waals surface area contributed by atoms with Gasteiger partial charge in [-0.25, -0.2) is 4.98 Å². The van der Waals surface area contributed by atoms with Crippen LogP contribution in [-0.4, -0.2) is 15.7 Å². The zero-order valence-electron chi connectivity index (χ0n) is 7.37. The van der Waals surface area contributed by atoms with Crippen LogP contribution < -0.4 is 0 Å². The Morgan fingerprint density at radius 1 is 1.54 bits per heavy atom. The summed E-state index contributed by atoms with van der Waals surface area (Å²) in [5.41, 5.74) is 3.54. The Hall–Kier alpha value is -0.960. The molecular weight excluding hydrogens is 180 g/mol. The molecule has 1 N–H and O–H groups in total. The third kappa shape index (κ3) is 1.23. The Kier molecular flexibility index (Phi) is 1.44. The Morgan fingerprint density at radius 2 is 2.38 bits per heavy atom. The fraction of sp³-hybridized carbons (Fsp3) is 0.300. The number of fused-ring (bicyclic) bond motifs is 1. The van der Waals surface area contributed by atoms with Crippen molar-refractivity contribution in [3.63, 3.8) is 0 Å². The molecule has 13 heavy (non-hydrogen) atoms. The lowest BCUT2D eigenvalue weighted by atomic mass is 10.2. The SMILES string of the molecule is Cc1ccc2nc(C3CS3)[nH]c2c1. The highest BCUT2D eigenvalue weighted by Gasteiger charge is 2.27. The van der Waals surface area contributed by atoms with Crippen LogP contribution in [0.4, 0.5) is 0 Å². The Labute approximate surface area is 80.8 Å². The van der Waals surface area contributed by atoms with Crippen LogP contribution in [0.15, 0.2) is 18.2 Å². The van der Waals surface area contributed by atoms with E-state index in [1.54, 1.807) is 0 Å². The van der Waals surface area contributed by atoms with Crippen molar-refractivity contribution in [2.75, 3.05) is 5.75 Å². The molecule has 1 unspecified atom stereocenters. The lowest BCUT2D eigenvalue weighted by Crippen LogP contribution is -1.79. The highest BCUT2D eigenvalue weighted by atomic mass is 32.2. The maximum absolute atomic E-state index is 4.54. The van der Waals surface area contributed by atoms with Crippen molar-refractivity contribution in [3.05, 3.63) is 29.6 Å². The zero-order chi connectivity index (χ0) is 8.84. The normalized spacial score (nSPS) is 20.8. The topological polar surface area (TPSA) is 28.7 Å². The molecule has 1 fully saturated rings. The number of aromatic amines is 1. The molecular formula is C10H10N2S. The summed E-state index contributed by atoms with van der Waals surface area (Å²) in [6, 6.07) is 6.34. The summed E-state index contributed by atoms with van der Waals surface area (Å²) < 4.78 is 0. The van der Waals surface area contributed by atoms with Crippen LogP contribution in [0, 0.1) is 6.92 Å². The van der Waals surface area contributed by atoms with Crippen LogP contribution in [0.5, 0.6) is 0 Å². The molecule has 1 aliphatic rings. The van der Waals surface area contributed by atoms with E-state index in [9.17, 15) is 0 Å². The molecule has 0 aliphatic carbocycles. The molecule has 3 rings (SSSR count). The smallest absolute Gasteiger partial charge is 0.121 e. The van der Waals surface area contributed by atoms with E-state index >= 15 is 0 Å². The first-order valence-corrected chi connectivity index (χ1v) is 5.46. The predicted octanol–water partition coefficient (Wildman–Crippen LogP) is 2.66. The summed E-state index contributed by atoms with van der Waals surface area (Å²) in [5.74, 6) is 2.37. The van der Waals surface area contributed by atoms with Crippen molar-refractivity contribution >= 4 is 22.8 Å². The van der Waals surface area contributed by atoms with Crippen molar-refractivity contribution in [1.82, 2.24) is 9.97 Å². The number of rotatable bonds is 1. The first-order valence-electron chi connectivity index (χ1n) is 4.41. The first-order chi connectivity index (χ1) is 6.33. The van der Waals surface area contributed by atoms with Gasteiger partial charge >= 0.3 is 0 Å². The van der Waals surface area contributed by atoms with Gasteiger partial charge in [0.05, 0.1) is 16.3 Å². The Morgan fingerprint density at radius 3 is 3.15 bits per heavy atom. The third-order valence-electron chi connectivity index (χ3n) is 2.29. The number of aromatic nitrogens is 2. The number of thioether (sulfide) groups is 1. The summed E-state index contributed by atoms with van der Waals surface area (Å²) in [7, 11) is 0. The van der Waals surface area contributed by atoms with Crippen LogP contribution in [0.1, 0.15) is 16.6 Å². The molecule has 3 heteroatoms. The van der Waals surface area contributed by atoms with Crippen molar-refractivity contribution in [1.29, 1.82) is 0 Å². The maximum atomic E-state index is 4.54. The number of imidazole rings is 1. The Bertz CT molecular complexity index is 457. The molecule has 0 amide bonds. The van der Waals surface area contributed by atoms with Gasteiger partial charge in [-0.15, -0.1) is 11.8 Å². The van der Waals surface area contributed by atoms with E-state index < -0.39 is 0 Å². The van der Waals surface area contributed by atoms with E-state index in [4.69, 9.17) is 0 Å². The zero-order valence-corrected chi connectivity index (χ0v) is 8.19. The van der Waals surface area contributed by atoms with Gasteiger partial charge in [0.15, 0.2) is 0 Å². The maximum Gasteiger partial charge on any atom is 0.121 e. The van der Waals surface area contributed by atoms with Crippen LogP contribution in [0.2, 0.25) is 0 Å². The van der Waals surface area contributed by atoms with E-state index in [1.165, 1.54) is 16.8 Å². The molecule has 1 saturated heterocycles. The largest absolute Gasteiger partial charge is 0.341 e. The molecule has 2 heterocycles. The number of benzene rings is 1. The molecule has 0 bridgehead atoms. The van der Waals surface area contributed by atoms with Crippen LogP contribution in [0.25, 0.3) is 11.0 Å². The average molecular weight is 190 g/mol. The quantitative estimate of drug-likeness (QED) is 0.700. The van der Waals surface area contributed by atoms with Crippen molar-refractivity contribution in [2.24, 2.45) is 0 Å². The van der Waals surface area contributed by atoms with Gasteiger partial charge in [0.2, 0.25) is 0 Å². The minimum atomic E-state index is 0.632. The van der Waals surface area contributed by atoms with E-state index in [0.717, 1.165) is 11.3 Å². The van der Waals surface area contributed by atoms with Gasteiger partial charge in [-0.05, 0) is 24.6 Å². The molecule has 1 aliphatic heterocycles. The van der Waals surface area contributed by atoms with Gasteiger partial charge in [-0.2, -0.15) is 0 Å². The van der Waals surface area contributed by atoms with E-state index in [1.807, 2.05) is 11.8 Å². The van der Waals surface area contributed by atoms with Crippen molar-refractivity contribution in [3.8, 4) is 0 Å². The molecule has 0 radical (unpaired) electrons. The van der Waals surface area contributed by atoms with E-state index in [0.29, 0.717) is 5.25 Å². The molecule has 66 valence electrons. The van der Waals surface area contributed by atoms with E-state index in [2.05, 4.69) is 35.1 Å². The molecule has 1 aromatic heterocycles. The molecule has 2 aromatic rings. The number of nitrogens with zero attached hydrogens (tertiary/aromatic N) is 1. The second kappa shape index (κ2) is 2.51. The lowest BCUT2D eigenvalue weighted by Gasteiger charge is -1.89. The molecule has 2 nitrogen and oxygen atoms in total. The second-order valence-corrected chi connectivity index (χ2v) is 4.70. The molecule has 1 atom stereocenters. The minimum absolute atomic E-state index is 0.632. The first kappa shape index (κ1) is 7.44. The average Bonchev–Trinajstić information content (AvgIpc) is 2.87. The Balaban J connectivity index is 2.20. The lowest BCUT2D eigenvalue weighted by molar-refractivity contribution is 1.05. The molecule has 0 saturated carbocycles. The predicted molar refractivity (Wildman–Crippen MR) is 56.0 cm³/mol. The fourth-order valence-corrected chi connectivity index (χ4v) is 2.03. The second-order valence-electron chi connectivity index (χ2n) is 3.46. The third-order valence-corrected chi connectivity index (χ3v) is 3.18. The summed E-state index contributed by atoms with van der Waals surface area (Å²) in [5, 5.41) is 0.632. The number of hydrogen-bond donors (Lipinski definition) is 1. The number of hydrogen-bond acceptors (Lipinski definition) is 2. The van der Waals surface area contributed by atoms with Crippen LogP contribution >= 0.6 is 11.8 Å². The molecule has 1 aromatic carbocycles. The van der Waals surface area contributed by atoms with Gasteiger partial charge in [0, 0.05) is 5.75 Å².